The molecule has 0 heterocycles. The van der Waals surface area contributed by atoms with Crippen molar-refractivity contribution in [1.82, 2.24) is 0 Å². The van der Waals surface area contributed by atoms with Gasteiger partial charge in [-0.15, -0.1) is 0 Å². The molecule has 52 valence electrons. The van der Waals surface area contributed by atoms with Crippen LogP contribution in [0.15, 0.2) is 0 Å². The monoisotopic (exact) mass is 164 g/mol. The Hall–Kier alpha value is 0.186. The van der Waals surface area contributed by atoms with Crippen LogP contribution in [0.25, 0.3) is 0 Å². The molecule has 0 aliphatic rings. The smallest absolute Gasteiger partial charge is 0.321 e. The summed E-state index contributed by atoms with van der Waals surface area (Å²) in [6.07, 6.45) is 0.0866. The van der Waals surface area contributed by atoms with E-state index in [1.807, 2.05) is 0 Å². The molecule has 0 saturated carbocycles. The second-order valence-corrected chi connectivity index (χ2v) is 1.67. The van der Waals surface area contributed by atoms with Gasteiger partial charge in [0.25, 0.3) is 0 Å². The van der Waals surface area contributed by atoms with Gasteiger partial charge in [0.15, 0.2) is 0 Å². The van der Waals surface area contributed by atoms with Crippen molar-refractivity contribution in [2.45, 2.75) is 13.3 Å². The summed E-state index contributed by atoms with van der Waals surface area (Å²) in [6, 6.07) is 0. The third kappa shape index (κ3) is 8.19. The van der Waals surface area contributed by atoms with Gasteiger partial charge in [0.05, 0.1) is 0 Å². The first-order valence-electron chi connectivity index (χ1n) is 2.02. The summed E-state index contributed by atoms with van der Waals surface area (Å²) in [5.74, 6) is -0.721. The van der Waals surface area contributed by atoms with Crippen LogP contribution in [-0.4, -0.2) is 37.4 Å². The Labute approximate surface area is 70.9 Å². The van der Waals surface area contributed by atoms with Crippen LogP contribution in [0.4, 0.5) is 0 Å². The molecule has 0 bridgehead atoms. The van der Waals surface area contributed by atoms with Crippen molar-refractivity contribution in [3.05, 3.63) is 0 Å². The number of rotatable bonds is 2. The van der Waals surface area contributed by atoms with Gasteiger partial charge in [0.1, 0.15) is 0 Å². The van der Waals surface area contributed by atoms with E-state index in [0.29, 0.717) is 0 Å². The molecule has 0 aromatic carbocycles. The van der Waals surface area contributed by atoms with Crippen molar-refractivity contribution < 1.29 is 17.4 Å². The highest BCUT2D eigenvalue weighted by Crippen LogP contribution is 1.81. The Morgan fingerprint density at radius 3 is 2.11 bits per heavy atom. The van der Waals surface area contributed by atoms with E-state index in [-0.39, 0.29) is 29.5 Å². The molecular formula is C3H8MgO4S. The lowest BCUT2D eigenvalue weighted by Gasteiger charge is -1.86. The molecule has 6 heteroatoms. The average molecular weight is 164 g/mol. The minimum absolute atomic E-state index is 0. The summed E-state index contributed by atoms with van der Waals surface area (Å²) >= 11 is 0. The van der Waals surface area contributed by atoms with E-state index in [0.717, 1.165) is 0 Å². The number of hydrogen-bond donors (Lipinski definition) is 1. The SMILES string of the molecule is CCC(=O)O[SH](=O)=O.[MgH2]. The summed E-state index contributed by atoms with van der Waals surface area (Å²) in [6.45, 7) is 1.52. The predicted molar refractivity (Wildman–Crippen MR) is 35.2 cm³/mol. The Morgan fingerprint density at radius 2 is 2.00 bits per heavy atom. The molecule has 0 atom stereocenters. The molecule has 0 N–H and O–H groups in total. The van der Waals surface area contributed by atoms with E-state index in [9.17, 15) is 13.2 Å². The maximum Gasteiger partial charge on any atom is 0.321 e. The molecule has 0 fully saturated rings. The Morgan fingerprint density at radius 1 is 1.56 bits per heavy atom. The van der Waals surface area contributed by atoms with E-state index in [1.165, 1.54) is 6.92 Å². The minimum atomic E-state index is -3.00. The van der Waals surface area contributed by atoms with E-state index in [4.69, 9.17) is 0 Å². The Kier molecular flexibility index (Phi) is 8.36. The fraction of sp³-hybridized carbons (Fsp3) is 0.667. The van der Waals surface area contributed by atoms with Crippen molar-refractivity contribution in [2.24, 2.45) is 0 Å². The van der Waals surface area contributed by atoms with E-state index in [2.05, 4.69) is 4.18 Å². The third-order valence-electron chi connectivity index (χ3n) is 0.465. The number of carbonyl (C=O) groups is 1. The van der Waals surface area contributed by atoms with Gasteiger partial charge < -0.3 is 4.18 Å². The van der Waals surface area contributed by atoms with Crippen molar-refractivity contribution in [3.8, 4) is 0 Å². The summed E-state index contributed by atoms with van der Waals surface area (Å²) in [5.41, 5.74) is 0. The fourth-order valence-electron chi connectivity index (χ4n) is 0.148. The second kappa shape index (κ2) is 6.31. The van der Waals surface area contributed by atoms with Crippen LogP contribution in [0.2, 0.25) is 0 Å². The second-order valence-electron chi connectivity index (χ2n) is 1.04. The summed E-state index contributed by atoms with van der Waals surface area (Å²) in [7, 11) is -3.00. The Balaban J connectivity index is 0. The molecule has 0 rings (SSSR count). The highest BCUT2D eigenvalue weighted by atomic mass is 32.2. The topological polar surface area (TPSA) is 60.4 Å². The number of thiol groups is 1. The average Bonchev–Trinajstić information content (AvgIpc) is 1.65. The molecule has 9 heavy (non-hydrogen) atoms. The Bertz CT molecular complexity index is 144. The molecule has 0 unspecified atom stereocenters. The highest BCUT2D eigenvalue weighted by molar-refractivity contribution is 7.67. The molecule has 0 amide bonds. The maximum atomic E-state index is 10.0. The van der Waals surface area contributed by atoms with Crippen LogP contribution in [0.1, 0.15) is 13.3 Å². The molecular weight excluding hydrogens is 156 g/mol. The van der Waals surface area contributed by atoms with Crippen LogP contribution in [0.5, 0.6) is 0 Å². The van der Waals surface area contributed by atoms with Crippen LogP contribution in [-0.2, 0) is 20.0 Å². The number of carbonyl (C=O) groups excluding carboxylic acids is 1. The zero-order valence-corrected chi connectivity index (χ0v) is 5.18. The van der Waals surface area contributed by atoms with Gasteiger partial charge in [-0.2, -0.15) is 8.42 Å². The molecule has 4 nitrogen and oxygen atoms in total. The lowest BCUT2D eigenvalue weighted by Crippen LogP contribution is -1.99. The molecule has 0 aliphatic heterocycles. The lowest BCUT2D eigenvalue weighted by molar-refractivity contribution is -0.133. The standard InChI is InChI=1S/C3H6O4S.Mg.2H/c1-2-3(4)7-8(5)6;;;/h8H,2H2,1H3;;;. The summed E-state index contributed by atoms with van der Waals surface area (Å²) < 4.78 is 22.8. The largest absolute Gasteiger partial charge is 0.348 e. The van der Waals surface area contributed by atoms with Gasteiger partial charge in [0.2, 0.25) is 0 Å². The van der Waals surface area contributed by atoms with E-state index < -0.39 is 17.0 Å². The first kappa shape index (κ1) is 11.9. The zero-order valence-electron chi connectivity index (χ0n) is 4.29. The van der Waals surface area contributed by atoms with Crippen molar-refractivity contribution >= 4 is 40.0 Å². The molecule has 0 radical (unpaired) electrons. The quantitative estimate of drug-likeness (QED) is 0.401. The van der Waals surface area contributed by atoms with Gasteiger partial charge in [-0.3, -0.25) is 4.79 Å². The first-order chi connectivity index (χ1) is 3.66. The fourth-order valence-corrected chi connectivity index (χ4v) is 0.443. The third-order valence-corrected chi connectivity index (χ3v) is 0.818. The molecule has 0 spiro atoms. The van der Waals surface area contributed by atoms with Crippen LogP contribution < -0.4 is 0 Å². The molecule has 0 aromatic rings. The normalized spacial score (nSPS) is 8.22. The van der Waals surface area contributed by atoms with E-state index >= 15 is 0 Å². The van der Waals surface area contributed by atoms with Crippen LogP contribution in [0, 0.1) is 0 Å². The summed E-state index contributed by atoms with van der Waals surface area (Å²) in [4.78, 5) is 10.0. The molecule has 0 saturated heterocycles. The zero-order chi connectivity index (χ0) is 6.57. The molecule has 0 aliphatic carbocycles. The van der Waals surface area contributed by atoms with Crippen LogP contribution in [0.3, 0.4) is 0 Å². The predicted octanol–water partition coefficient (Wildman–Crippen LogP) is -1.45. The van der Waals surface area contributed by atoms with Gasteiger partial charge in [-0.25, -0.2) is 0 Å². The van der Waals surface area contributed by atoms with Crippen molar-refractivity contribution in [1.29, 1.82) is 0 Å². The highest BCUT2D eigenvalue weighted by Gasteiger charge is 1.95. The number of hydrogen-bond acceptors (Lipinski definition) is 4. The molecule has 0 aromatic heterocycles. The van der Waals surface area contributed by atoms with Gasteiger partial charge >= 0.3 is 40.0 Å². The van der Waals surface area contributed by atoms with Gasteiger partial charge in [-0.1, -0.05) is 6.92 Å². The maximum absolute atomic E-state index is 10.0. The van der Waals surface area contributed by atoms with E-state index in [1.54, 1.807) is 0 Å². The first-order valence-corrected chi connectivity index (χ1v) is 3.11. The van der Waals surface area contributed by atoms with Gasteiger partial charge in [0, 0.05) is 6.42 Å². The lowest BCUT2D eigenvalue weighted by atomic mass is 10.5. The summed E-state index contributed by atoms with van der Waals surface area (Å²) in [5, 5.41) is 0. The van der Waals surface area contributed by atoms with Gasteiger partial charge in [-0.05, 0) is 0 Å². The minimum Gasteiger partial charge on any atom is -0.348 e. The van der Waals surface area contributed by atoms with Crippen molar-refractivity contribution in [2.75, 3.05) is 0 Å². The van der Waals surface area contributed by atoms with Crippen molar-refractivity contribution in [3.63, 3.8) is 0 Å². The van der Waals surface area contributed by atoms with Crippen LogP contribution >= 0.6 is 0 Å².